The zero-order valence-corrected chi connectivity index (χ0v) is 13.1. The number of hydrogen-bond acceptors (Lipinski definition) is 3. The van der Waals surface area contributed by atoms with Crippen LogP contribution in [0.2, 0.25) is 5.02 Å². The largest absolute Gasteiger partial charge is 0.480 e. The molecule has 1 aromatic rings. The fourth-order valence-corrected chi connectivity index (χ4v) is 2.67. The highest BCUT2D eigenvalue weighted by Crippen LogP contribution is 2.26. The number of carboxylic acid groups (broad SMARTS) is 1. The number of aliphatic carboxylic acids is 1. The first kappa shape index (κ1) is 16.9. The third-order valence-electron chi connectivity index (χ3n) is 3.02. The zero-order valence-electron chi connectivity index (χ0n) is 11.5. The number of amides is 1. The smallest absolute Gasteiger partial charge is 0.329 e. The van der Waals surface area contributed by atoms with E-state index < -0.39 is 11.5 Å². The number of halogens is 1. The van der Waals surface area contributed by atoms with Crippen molar-refractivity contribution in [3.05, 3.63) is 29.3 Å². The van der Waals surface area contributed by atoms with Gasteiger partial charge in [-0.15, -0.1) is 11.8 Å². The third kappa shape index (κ3) is 4.72. The van der Waals surface area contributed by atoms with Crippen molar-refractivity contribution in [1.82, 2.24) is 5.32 Å². The molecule has 0 aliphatic rings. The zero-order chi connectivity index (χ0) is 15.2. The Morgan fingerprint density at radius 1 is 1.40 bits per heavy atom. The van der Waals surface area contributed by atoms with Gasteiger partial charge >= 0.3 is 5.97 Å². The minimum absolute atomic E-state index is 0.249. The molecule has 1 rings (SSSR count). The second-order valence-corrected chi connectivity index (χ2v) is 6.11. The van der Waals surface area contributed by atoms with Gasteiger partial charge < -0.3 is 10.4 Å². The summed E-state index contributed by atoms with van der Waals surface area (Å²) in [6, 6.07) is 7.41. The van der Waals surface area contributed by atoms with Crippen molar-refractivity contribution < 1.29 is 14.7 Å². The van der Waals surface area contributed by atoms with Crippen molar-refractivity contribution in [2.75, 3.05) is 5.75 Å². The Morgan fingerprint density at radius 3 is 2.60 bits per heavy atom. The van der Waals surface area contributed by atoms with E-state index in [0.29, 0.717) is 17.2 Å². The molecule has 0 heterocycles. The summed E-state index contributed by atoms with van der Waals surface area (Å²) in [6.07, 6.45) is 0.588. The number of nitrogens with one attached hydrogen (secondary N) is 1. The fourth-order valence-electron chi connectivity index (χ4n) is 1.48. The van der Waals surface area contributed by atoms with Crippen LogP contribution >= 0.6 is 23.4 Å². The maximum atomic E-state index is 11.8. The van der Waals surface area contributed by atoms with E-state index in [2.05, 4.69) is 5.32 Å². The molecular formula is C14H18ClNO3S. The van der Waals surface area contributed by atoms with E-state index in [1.165, 1.54) is 18.7 Å². The second kappa shape index (κ2) is 7.55. The van der Waals surface area contributed by atoms with Crippen LogP contribution in [0.4, 0.5) is 0 Å². The predicted octanol–water partition coefficient (Wildman–Crippen LogP) is 3.19. The van der Waals surface area contributed by atoms with Crippen molar-refractivity contribution in [2.24, 2.45) is 0 Å². The summed E-state index contributed by atoms with van der Waals surface area (Å²) in [5.74, 6) is -0.738. The molecule has 6 heteroatoms. The van der Waals surface area contributed by atoms with Crippen LogP contribution in [-0.2, 0) is 9.59 Å². The number of carboxylic acids is 1. The lowest BCUT2D eigenvalue weighted by molar-refractivity contribution is -0.146. The van der Waals surface area contributed by atoms with Crippen molar-refractivity contribution in [2.45, 2.75) is 37.1 Å². The van der Waals surface area contributed by atoms with E-state index in [4.69, 9.17) is 16.7 Å². The highest BCUT2D eigenvalue weighted by molar-refractivity contribution is 7.99. The van der Waals surface area contributed by atoms with Crippen LogP contribution in [0.5, 0.6) is 0 Å². The summed E-state index contributed by atoms with van der Waals surface area (Å²) in [7, 11) is 0. The first-order valence-corrected chi connectivity index (χ1v) is 7.67. The molecule has 4 nitrogen and oxygen atoms in total. The van der Waals surface area contributed by atoms with Gasteiger partial charge in [-0.1, -0.05) is 30.7 Å². The second-order valence-electron chi connectivity index (χ2n) is 4.57. The van der Waals surface area contributed by atoms with Gasteiger partial charge in [0.1, 0.15) is 5.54 Å². The number of carbonyl (C=O) groups is 2. The van der Waals surface area contributed by atoms with Gasteiger partial charge in [0.2, 0.25) is 5.91 Å². The van der Waals surface area contributed by atoms with Crippen molar-refractivity contribution in [1.29, 1.82) is 0 Å². The summed E-state index contributed by atoms with van der Waals surface area (Å²) in [5.41, 5.74) is -1.20. The van der Waals surface area contributed by atoms with Gasteiger partial charge in [-0.2, -0.15) is 0 Å². The van der Waals surface area contributed by atoms with Gasteiger partial charge in [0.25, 0.3) is 0 Å². The van der Waals surface area contributed by atoms with E-state index in [9.17, 15) is 9.59 Å². The topological polar surface area (TPSA) is 66.4 Å². The van der Waals surface area contributed by atoms with Crippen molar-refractivity contribution in [3.63, 3.8) is 0 Å². The van der Waals surface area contributed by atoms with Gasteiger partial charge in [-0.3, -0.25) is 4.79 Å². The average molecular weight is 316 g/mol. The van der Waals surface area contributed by atoms with Crippen LogP contribution in [0.1, 0.15) is 26.7 Å². The Balaban J connectivity index is 2.45. The summed E-state index contributed by atoms with van der Waals surface area (Å²) >= 11 is 7.49. The molecule has 2 N–H and O–H groups in total. The van der Waals surface area contributed by atoms with E-state index in [1.807, 2.05) is 18.2 Å². The Hall–Kier alpha value is -1.20. The van der Waals surface area contributed by atoms with Crippen molar-refractivity contribution >= 4 is 35.2 Å². The number of hydrogen-bond donors (Lipinski definition) is 2. The predicted molar refractivity (Wildman–Crippen MR) is 81.3 cm³/mol. The molecule has 0 aliphatic heterocycles. The molecule has 20 heavy (non-hydrogen) atoms. The number of thioether (sulfide) groups is 1. The molecule has 1 amide bonds. The van der Waals surface area contributed by atoms with E-state index in [1.54, 1.807) is 13.0 Å². The van der Waals surface area contributed by atoms with E-state index in [0.717, 1.165) is 4.90 Å². The summed E-state index contributed by atoms with van der Waals surface area (Å²) in [6.45, 7) is 3.24. The molecule has 0 radical (unpaired) electrons. The normalized spacial score (nSPS) is 13.6. The van der Waals surface area contributed by atoms with Crippen LogP contribution in [0.25, 0.3) is 0 Å². The minimum Gasteiger partial charge on any atom is -0.480 e. The molecule has 1 aromatic carbocycles. The molecular weight excluding hydrogens is 298 g/mol. The van der Waals surface area contributed by atoms with Gasteiger partial charge in [0.15, 0.2) is 0 Å². The van der Waals surface area contributed by atoms with E-state index in [-0.39, 0.29) is 12.3 Å². The molecule has 110 valence electrons. The lowest BCUT2D eigenvalue weighted by atomic mass is 9.99. The van der Waals surface area contributed by atoms with Gasteiger partial charge in [0, 0.05) is 17.1 Å². The van der Waals surface area contributed by atoms with Crippen LogP contribution in [0.3, 0.4) is 0 Å². The summed E-state index contributed by atoms with van der Waals surface area (Å²) in [4.78, 5) is 23.8. The maximum absolute atomic E-state index is 11.8. The Morgan fingerprint density at radius 2 is 2.05 bits per heavy atom. The average Bonchev–Trinajstić information content (AvgIpc) is 2.40. The monoisotopic (exact) mass is 315 g/mol. The number of benzene rings is 1. The molecule has 0 aromatic heterocycles. The molecule has 0 fully saturated rings. The third-order valence-corrected chi connectivity index (χ3v) is 4.53. The van der Waals surface area contributed by atoms with Crippen LogP contribution < -0.4 is 5.32 Å². The number of carbonyl (C=O) groups excluding carboxylic acids is 1. The van der Waals surface area contributed by atoms with Crippen LogP contribution in [0, 0.1) is 0 Å². The lowest BCUT2D eigenvalue weighted by Gasteiger charge is -2.24. The Labute approximate surface area is 127 Å². The quantitative estimate of drug-likeness (QED) is 0.758. The number of rotatable bonds is 7. The Kier molecular flexibility index (Phi) is 6.36. The first-order chi connectivity index (χ1) is 9.39. The first-order valence-electron chi connectivity index (χ1n) is 6.31. The fraction of sp³-hybridized carbons (Fsp3) is 0.429. The molecule has 1 atom stereocenters. The standard InChI is InChI=1S/C14H18ClNO3S/c1-3-14(2,13(18)19)16-12(17)8-9-20-11-7-5-4-6-10(11)15/h4-7H,3,8-9H2,1-2H3,(H,16,17)(H,18,19). The SMILES string of the molecule is CCC(C)(NC(=O)CCSc1ccccc1Cl)C(=O)O. The summed E-state index contributed by atoms with van der Waals surface area (Å²) in [5, 5.41) is 12.3. The molecule has 0 saturated carbocycles. The maximum Gasteiger partial charge on any atom is 0.329 e. The molecule has 0 aliphatic carbocycles. The summed E-state index contributed by atoms with van der Waals surface area (Å²) < 4.78 is 0. The minimum atomic E-state index is -1.20. The lowest BCUT2D eigenvalue weighted by Crippen LogP contribution is -2.51. The van der Waals surface area contributed by atoms with Gasteiger partial charge in [-0.05, 0) is 25.5 Å². The van der Waals surface area contributed by atoms with Gasteiger partial charge in [-0.25, -0.2) is 4.79 Å². The highest BCUT2D eigenvalue weighted by atomic mass is 35.5. The molecule has 0 spiro atoms. The van der Waals surface area contributed by atoms with E-state index >= 15 is 0 Å². The Bertz CT molecular complexity index is 495. The molecule has 0 bridgehead atoms. The van der Waals surface area contributed by atoms with Crippen molar-refractivity contribution in [3.8, 4) is 0 Å². The van der Waals surface area contributed by atoms with Crippen LogP contribution in [-0.4, -0.2) is 28.3 Å². The highest BCUT2D eigenvalue weighted by Gasteiger charge is 2.32. The van der Waals surface area contributed by atoms with Gasteiger partial charge in [0.05, 0.1) is 5.02 Å². The molecule has 1 unspecified atom stereocenters. The molecule has 0 saturated heterocycles. The van der Waals surface area contributed by atoms with Crippen LogP contribution in [0.15, 0.2) is 29.2 Å².